The molecule has 1 heterocycles. The first-order valence-electron chi connectivity index (χ1n) is 7.62. The van der Waals surface area contributed by atoms with Gasteiger partial charge in [-0.3, -0.25) is 4.79 Å². The number of amides is 1. The monoisotopic (exact) mass is 331 g/mol. The van der Waals surface area contributed by atoms with E-state index >= 15 is 0 Å². The number of nitrogens with one attached hydrogen (secondary N) is 1. The average molecular weight is 331 g/mol. The van der Waals surface area contributed by atoms with Crippen molar-refractivity contribution in [2.45, 2.75) is 32.9 Å². The third-order valence-corrected chi connectivity index (χ3v) is 3.20. The zero-order chi connectivity index (χ0) is 17.7. The highest BCUT2D eigenvalue weighted by Gasteiger charge is 2.25. The highest BCUT2D eigenvalue weighted by molar-refractivity contribution is 5.92. The van der Waals surface area contributed by atoms with E-state index in [1.165, 1.54) is 18.7 Å². The lowest BCUT2D eigenvalue weighted by Crippen LogP contribution is -2.39. The highest BCUT2D eigenvalue weighted by atomic mass is 16.6. The second kappa shape index (κ2) is 7.63. The quantitative estimate of drug-likeness (QED) is 0.818. The van der Waals surface area contributed by atoms with Gasteiger partial charge < -0.3 is 14.8 Å². The number of hydrogen-bond acceptors (Lipinski definition) is 5. The van der Waals surface area contributed by atoms with E-state index < -0.39 is 12.1 Å². The Hall–Kier alpha value is -2.83. The summed E-state index contributed by atoms with van der Waals surface area (Å²) in [5, 5.41) is 6.90. The van der Waals surface area contributed by atoms with E-state index in [0.29, 0.717) is 0 Å². The lowest BCUT2D eigenvalue weighted by Gasteiger charge is -2.14. The molecule has 7 heteroatoms. The number of methoxy groups -OCH3 is 1. The van der Waals surface area contributed by atoms with E-state index in [1.807, 2.05) is 44.2 Å². The maximum absolute atomic E-state index is 12.3. The Bertz CT molecular complexity index is 710. The van der Waals surface area contributed by atoms with Crippen LogP contribution in [0.15, 0.2) is 36.5 Å². The number of esters is 1. The molecule has 0 bridgehead atoms. The third kappa shape index (κ3) is 4.13. The van der Waals surface area contributed by atoms with Crippen LogP contribution in [-0.4, -0.2) is 40.9 Å². The lowest BCUT2D eigenvalue weighted by molar-refractivity contribution is -0.129. The minimum absolute atomic E-state index is 0.0190. The summed E-state index contributed by atoms with van der Waals surface area (Å²) >= 11 is 0. The molecule has 0 fully saturated rings. The Morgan fingerprint density at radius 1 is 1.17 bits per heavy atom. The van der Waals surface area contributed by atoms with Crippen LogP contribution in [-0.2, 0) is 9.53 Å². The molecule has 1 aromatic heterocycles. The van der Waals surface area contributed by atoms with Gasteiger partial charge in [0, 0.05) is 6.04 Å². The van der Waals surface area contributed by atoms with E-state index in [9.17, 15) is 9.59 Å². The van der Waals surface area contributed by atoms with Crippen LogP contribution < -0.4 is 10.1 Å². The van der Waals surface area contributed by atoms with Crippen LogP contribution in [0.5, 0.6) is 5.75 Å². The Balaban J connectivity index is 2.17. The number of carbonyl (C=O) groups excluding carboxylic acids is 2. The van der Waals surface area contributed by atoms with Gasteiger partial charge in [-0.15, -0.1) is 0 Å². The van der Waals surface area contributed by atoms with Crippen molar-refractivity contribution in [3.8, 4) is 11.4 Å². The molecular formula is C17H21N3O4. The molecule has 1 atom stereocenters. The van der Waals surface area contributed by atoms with Crippen LogP contribution in [0, 0.1) is 0 Å². The first-order valence-corrected chi connectivity index (χ1v) is 7.62. The number of aromatic nitrogens is 2. The zero-order valence-corrected chi connectivity index (χ0v) is 14.1. The topological polar surface area (TPSA) is 82.5 Å². The predicted molar refractivity (Wildman–Crippen MR) is 88.3 cm³/mol. The summed E-state index contributed by atoms with van der Waals surface area (Å²) in [4.78, 5) is 24.2. The highest BCUT2D eigenvalue weighted by Crippen LogP contribution is 2.20. The van der Waals surface area contributed by atoms with E-state index in [-0.39, 0.29) is 23.4 Å². The molecule has 1 amide bonds. The van der Waals surface area contributed by atoms with Crippen molar-refractivity contribution < 1.29 is 19.1 Å². The van der Waals surface area contributed by atoms with Gasteiger partial charge >= 0.3 is 5.97 Å². The van der Waals surface area contributed by atoms with Gasteiger partial charge in [-0.1, -0.05) is 18.2 Å². The van der Waals surface area contributed by atoms with Gasteiger partial charge in [0.1, 0.15) is 0 Å². The van der Waals surface area contributed by atoms with E-state index in [1.54, 1.807) is 6.20 Å². The summed E-state index contributed by atoms with van der Waals surface area (Å²) in [7, 11) is 1.44. The molecule has 1 aromatic carbocycles. The molecule has 0 aliphatic carbocycles. The minimum Gasteiger partial charge on any atom is -0.493 e. The number of nitrogens with zero attached hydrogens (tertiary/aromatic N) is 2. The summed E-state index contributed by atoms with van der Waals surface area (Å²) in [5.74, 6) is -0.798. The zero-order valence-electron chi connectivity index (χ0n) is 14.1. The Morgan fingerprint density at radius 2 is 1.83 bits per heavy atom. The molecule has 24 heavy (non-hydrogen) atoms. The number of rotatable bonds is 6. The van der Waals surface area contributed by atoms with Gasteiger partial charge in [-0.25, -0.2) is 9.48 Å². The van der Waals surface area contributed by atoms with Crippen molar-refractivity contribution in [2.24, 2.45) is 0 Å². The maximum Gasteiger partial charge on any atom is 0.363 e. The van der Waals surface area contributed by atoms with E-state index in [2.05, 4.69) is 10.4 Å². The standard InChI is InChI=1S/C17H21N3O4/c1-11(2)18-16(21)12(3)24-17(22)15-14(23-4)10-20(19-15)13-8-6-5-7-9-13/h5-12H,1-4H3,(H,18,21)/t12-/m0/s1. The molecule has 1 N–H and O–H groups in total. The fourth-order valence-corrected chi connectivity index (χ4v) is 2.03. The van der Waals surface area contributed by atoms with Gasteiger partial charge in [0.15, 0.2) is 11.9 Å². The fraction of sp³-hybridized carbons (Fsp3) is 0.353. The van der Waals surface area contributed by atoms with Crippen molar-refractivity contribution in [1.82, 2.24) is 15.1 Å². The first-order chi connectivity index (χ1) is 11.4. The van der Waals surface area contributed by atoms with E-state index in [0.717, 1.165) is 5.69 Å². The van der Waals surface area contributed by atoms with Crippen LogP contribution in [0.4, 0.5) is 0 Å². The Labute approximate surface area is 140 Å². The smallest absolute Gasteiger partial charge is 0.363 e. The summed E-state index contributed by atoms with van der Waals surface area (Å²) < 4.78 is 11.9. The SMILES string of the molecule is COc1cn(-c2ccccc2)nc1C(=O)O[C@@H](C)C(=O)NC(C)C. The molecular weight excluding hydrogens is 310 g/mol. The molecule has 128 valence electrons. The second-order valence-corrected chi connectivity index (χ2v) is 5.54. The summed E-state index contributed by atoms with van der Waals surface area (Å²) in [5.41, 5.74) is 0.797. The van der Waals surface area contributed by atoms with E-state index in [4.69, 9.17) is 9.47 Å². The minimum atomic E-state index is -0.925. The van der Waals surface area contributed by atoms with Gasteiger partial charge in [0.25, 0.3) is 5.91 Å². The third-order valence-electron chi connectivity index (χ3n) is 3.20. The van der Waals surface area contributed by atoms with Gasteiger partial charge in [-0.05, 0) is 32.9 Å². The molecule has 0 radical (unpaired) electrons. The van der Waals surface area contributed by atoms with Gasteiger partial charge in [0.2, 0.25) is 5.69 Å². The number of para-hydroxylation sites is 1. The van der Waals surface area contributed by atoms with Gasteiger partial charge in [-0.2, -0.15) is 5.10 Å². The summed E-state index contributed by atoms with van der Waals surface area (Å²) in [6.07, 6.45) is 0.664. The number of benzene rings is 1. The molecule has 0 saturated carbocycles. The average Bonchev–Trinajstić information content (AvgIpc) is 2.99. The molecule has 2 aromatic rings. The fourth-order valence-electron chi connectivity index (χ4n) is 2.03. The number of carbonyl (C=O) groups is 2. The van der Waals surface area contributed by atoms with Crippen molar-refractivity contribution in [2.75, 3.05) is 7.11 Å². The summed E-state index contributed by atoms with van der Waals surface area (Å²) in [6, 6.07) is 9.26. The predicted octanol–water partition coefficient (Wildman–Crippen LogP) is 1.95. The van der Waals surface area contributed by atoms with Crippen LogP contribution >= 0.6 is 0 Å². The molecule has 0 saturated heterocycles. The molecule has 7 nitrogen and oxygen atoms in total. The second-order valence-electron chi connectivity index (χ2n) is 5.54. The largest absolute Gasteiger partial charge is 0.493 e. The molecule has 2 rings (SSSR count). The van der Waals surface area contributed by atoms with Crippen LogP contribution in [0.3, 0.4) is 0 Å². The van der Waals surface area contributed by atoms with Crippen molar-refractivity contribution in [3.05, 3.63) is 42.2 Å². The molecule has 0 unspecified atom stereocenters. The number of ether oxygens (including phenoxy) is 2. The maximum atomic E-state index is 12.3. The van der Waals surface area contributed by atoms with Crippen LogP contribution in [0.1, 0.15) is 31.3 Å². The normalized spacial score (nSPS) is 11.9. The van der Waals surface area contributed by atoms with Crippen LogP contribution in [0.2, 0.25) is 0 Å². The van der Waals surface area contributed by atoms with Crippen molar-refractivity contribution >= 4 is 11.9 Å². The lowest BCUT2D eigenvalue weighted by atomic mass is 10.3. The summed E-state index contributed by atoms with van der Waals surface area (Å²) in [6.45, 7) is 5.17. The van der Waals surface area contributed by atoms with Crippen LogP contribution in [0.25, 0.3) is 5.69 Å². The number of hydrogen-bond donors (Lipinski definition) is 1. The van der Waals surface area contributed by atoms with Gasteiger partial charge in [0.05, 0.1) is 19.0 Å². The first kappa shape index (κ1) is 17.5. The molecule has 0 aliphatic rings. The Morgan fingerprint density at radius 3 is 2.42 bits per heavy atom. The van der Waals surface area contributed by atoms with Crippen molar-refractivity contribution in [1.29, 1.82) is 0 Å². The molecule has 0 spiro atoms. The Kier molecular flexibility index (Phi) is 5.57. The van der Waals surface area contributed by atoms with Crippen molar-refractivity contribution in [3.63, 3.8) is 0 Å². The molecule has 0 aliphatic heterocycles.